The Morgan fingerprint density at radius 1 is 1.43 bits per heavy atom. The van der Waals surface area contributed by atoms with Gasteiger partial charge in [-0.1, -0.05) is 12.2 Å². The Kier molecular flexibility index (Phi) is 5.20. The Morgan fingerprint density at radius 2 is 2.21 bits per heavy atom. The lowest BCUT2D eigenvalue weighted by molar-refractivity contribution is 0.205. The van der Waals surface area contributed by atoms with Gasteiger partial charge in [-0.3, -0.25) is 4.90 Å². The number of nitrogens with two attached hydrogens (primary N) is 1. The molecule has 82 valence electrons. The Hall–Kier alpha value is -0.340. The van der Waals surface area contributed by atoms with E-state index < -0.39 is 0 Å². The molecule has 0 amide bonds. The highest BCUT2D eigenvalue weighted by molar-refractivity contribution is 4.91. The third-order valence-electron chi connectivity index (χ3n) is 2.99. The third kappa shape index (κ3) is 3.43. The summed E-state index contributed by atoms with van der Waals surface area (Å²) in [7, 11) is 0. The SMILES string of the molecule is CC(C)N1CCCC1C/C=C\CCN. The second-order valence-corrected chi connectivity index (χ2v) is 4.41. The topological polar surface area (TPSA) is 29.3 Å². The lowest BCUT2D eigenvalue weighted by atomic mass is 10.1. The van der Waals surface area contributed by atoms with Gasteiger partial charge in [0.15, 0.2) is 0 Å². The molecule has 14 heavy (non-hydrogen) atoms. The van der Waals surface area contributed by atoms with Crippen molar-refractivity contribution in [3.8, 4) is 0 Å². The van der Waals surface area contributed by atoms with E-state index in [4.69, 9.17) is 5.73 Å². The van der Waals surface area contributed by atoms with Gasteiger partial charge in [0.2, 0.25) is 0 Å². The van der Waals surface area contributed by atoms with Gasteiger partial charge >= 0.3 is 0 Å². The fraction of sp³-hybridized carbons (Fsp3) is 0.833. The van der Waals surface area contributed by atoms with Crippen LogP contribution in [0.3, 0.4) is 0 Å². The fourth-order valence-electron chi connectivity index (χ4n) is 2.26. The maximum absolute atomic E-state index is 5.44. The lowest BCUT2D eigenvalue weighted by Crippen LogP contribution is -2.35. The molecule has 0 aliphatic carbocycles. The summed E-state index contributed by atoms with van der Waals surface area (Å²) in [6, 6.07) is 1.48. The molecule has 2 N–H and O–H groups in total. The molecular weight excluding hydrogens is 172 g/mol. The second kappa shape index (κ2) is 6.20. The van der Waals surface area contributed by atoms with Gasteiger partial charge in [-0.25, -0.2) is 0 Å². The summed E-state index contributed by atoms with van der Waals surface area (Å²) in [5.41, 5.74) is 5.44. The van der Waals surface area contributed by atoms with Crippen LogP contribution in [0.2, 0.25) is 0 Å². The maximum Gasteiger partial charge on any atom is 0.0133 e. The second-order valence-electron chi connectivity index (χ2n) is 4.41. The minimum absolute atomic E-state index is 0.699. The summed E-state index contributed by atoms with van der Waals surface area (Å²) in [5.74, 6) is 0. The molecule has 0 bridgehead atoms. The van der Waals surface area contributed by atoms with Crippen LogP contribution in [0, 0.1) is 0 Å². The maximum atomic E-state index is 5.44. The van der Waals surface area contributed by atoms with Crippen LogP contribution in [0.25, 0.3) is 0 Å². The van der Waals surface area contributed by atoms with Gasteiger partial charge in [-0.05, 0) is 52.6 Å². The van der Waals surface area contributed by atoms with E-state index in [1.54, 1.807) is 0 Å². The van der Waals surface area contributed by atoms with Crippen molar-refractivity contribution in [1.29, 1.82) is 0 Å². The van der Waals surface area contributed by atoms with Gasteiger partial charge in [0.25, 0.3) is 0 Å². The average molecular weight is 196 g/mol. The Labute approximate surface area is 88.2 Å². The number of nitrogens with zero attached hydrogens (tertiary/aromatic N) is 1. The first-order chi connectivity index (χ1) is 6.75. The minimum Gasteiger partial charge on any atom is -0.330 e. The molecule has 2 heteroatoms. The van der Waals surface area contributed by atoms with E-state index >= 15 is 0 Å². The Balaban J connectivity index is 2.28. The molecule has 1 aliphatic heterocycles. The molecule has 0 aromatic rings. The average Bonchev–Trinajstić information content (AvgIpc) is 2.60. The van der Waals surface area contributed by atoms with Crippen LogP contribution in [0.4, 0.5) is 0 Å². The number of likely N-dealkylation sites (tertiary alicyclic amines) is 1. The van der Waals surface area contributed by atoms with Gasteiger partial charge < -0.3 is 5.73 Å². The van der Waals surface area contributed by atoms with Gasteiger partial charge in [0.1, 0.15) is 0 Å². The van der Waals surface area contributed by atoms with E-state index in [0.717, 1.165) is 19.0 Å². The molecule has 0 spiro atoms. The first-order valence-electron chi connectivity index (χ1n) is 5.86. The number of rotatable bonds is 5. The first-order valence-corrected chi connectivity index (χ1v) is 5.86. The van der Waals surface area contributed by atoms with E-state index in [2.05, 4.69) is 30.9 Å². The predicted molar refractivity (Wildman–Crippen MR) is 62.3 cm³/mol. The van der Waals surface area contributed by atoms with Crippen LogP contribution in [0.1, 0.15) is 39.5 Å². The number of hydrogen-bond donors (Lipinski definition) is 1. The summed E-state index contributed by atoms with van der Waals surface area (Å²) >= 11 is 0. The van der Waals surface area contributed by atoms with Gasteiger partial charge in [0, 0.05) is 12.1 Å². The van der Waals surface area contributed by atoms with Crippen LogP contribution >= 0.6 is 0 Å². The van der Waals surface area contributed by atoms with Crippen molar-refractivity contribution in [2.24, 2.45) is 5.73 Å². The molecule has 2 nitrogen and oxygen atoms in total. The zero-order valence-corrected chi connectivity index (χ0v) is 9.58. The van der Waals surface area contributed by atoms with E-state index in [1.165, 1.54) is 25.8 Å². The molecule has 1 rings (SSSR count). The van der Waals surface area contributed by atoms with Gasteiger partial charge in [0.05, 0.1) is 0 Å². The van der Waals surface area contributed by atoms with Gasteiger partial charge in [-0.15, -0.1) is 0 Å². The molecule has 1 aliphatic rings. The number of hydrogen-bond acceptors (Lipinski definition) is 2. The predicted octanol–water partition coefficient (Wildman–Crippen LogP) is 2.15. The van der Waals surface area contributed by atoms with Crippen molar-refractivity contribution in [3.05, 3.63) is 12.2 Å². The van der Waals surface area contributed by atoms with E-state index in [1.807, 2.05) is 0 Å². The standard InChI is InChI=1S/C12H24N2/c1-11(2)14-10-6-8-12(14)7-4-3-5-9-13/h3-4,11-12H,5-10,13H2,1-2H3/b4-3-. The Morgan fingerprint density at radius 3 is 2.86 bits per heavy atom. The molecule has 0 aromatic heterocycles. The van der Waals surface area contributed by atoms with Crippen LogP contribution in [-0.4, -0.2) is 30.1 Å². The summed E-state index contributed by atoms with van der Waals surface area (Å²) in [5, 5.41) is 0. The monoisotopic (exact) mass is 196 g/mol. The van der Waals surface area contributed by atoms with Crippen LogP contribution in [0.5, 0.6) is 0 Å². The molecule has 1 saturated heterocycles. The molecule has 1 fully saturated rings. The lowest BCUT2D eigenvalue weighted by Gasteiger charge is -2.27. The highest BCUT2D eigenvalue weighted by atomic mass is 15.2. The minimum atomic E-state index is 0.699. The highest BCUT2D eigenvalue weighted by Gasteiger charge is 2.24. The molecule has 0 saturated carbocycles. The summed E-state index contributed by atoms with van der Waals surface area (Å²) in [6.45, 7) is 6.64. The van der Waals surface area contributed by atoms with Crippen molar-refractivity contribution < 1.29 is 0 Å². The molecular formula is C12H24N2. The Bertz CT molecular complexity index is 175. The molecule has 1 unspecified atom stereocenters. The summed E-state index contributed by atoms with van der Waals surface area (Å²) in [6.07, 6.45) is 9.49. The fourth-order valence-corrected chi connectivity index (χ4v) is 2.26. The van der Waals surface area contributed by atoms with Crippen LogP contribution < -0.4 is 5.73 Å². The summed E-state index contributed by atoms with van der Waals surface area (Å²) < 4.78 is 0. The zero-order chi connectivity index (χ0) is 10.4. The van der Waals surface area contributed by atoms with E-state index in [9.17, 15) is 0 Å². The molecule has 1 heterocycles. The van der Waals surface area contributed by atoms with Crippen molar-refractivity contribution in [2.75, 3.05) is 13.1 Å². The third-order valence-corrected chi connectivity index (χ3v) is 2.99. The quantitative estimate of drug-likeness (QED) is 0.683. The van der Waals surface area contributed by atoms with Crippen LogP contribution in [0.15, 0.2) is 12.2 Å². The normalized spacial score (nSPS) is 24.1. The first kappa shape index (κ1) is 11.7. The van der Waals surface area contributed by atoms with E-state index in [0.29, 0.717) is 6.04 Å². The zero-order valence-electron chi connectivity index (χ0n) is 9.58. The molecule has 1 atom stereocenters. The van der Waals surface area contributed by atoms with Crippen molar-refractivity contribution >= 4 is 0 Å². The van der Waals surface area contributed by atoms with Crippen LogP contribution in [-0.2, 0) is 0 Å². The molecule has 0 aromatic carbocycles. The van der Waals surface area contributed by atoms with Crippen molar-refractivity contribution in [2.45, 2.75) is 51.6 Å². The van der Waals surface area contributed by atoms with Crippen molar-refractivity contribution in [1.82, 2.24) is 4.90 Å². The van der Waals surface area contributed by atoms with E-state index in [-0.39, 0.29) is 0 Å². The van der Waals surface area contributed by atoms with Crippen molar-refractivity contribution in [3.63, 3.8) is 0 Å². The summed E-state index contributed by atoms with van der Waals surface area (Å²) in [4.78, 5) is 2.62. The smallest absolute Gasteiger partial charge is 0.0133 e. The van der Waals surface area contributed by atoms with Gasteiger partial charge in [-0.2, -0.15) is 0 Å². The highest BCUT2D eigenvalue weighted by Crippen LogP contribution is 2.22. The molecule has 0 radical (unpaired) electrons. The largest absolute Gasteiger partial charge is 0.330 e.